The van der Waals surface area contributed by atoms with Gasteiger partial charge in [-0.3, -0.25) is 9.98 Å². The Bertz CT molecular complexity index is 209. The Morgan fingerprint density at radius 3 is 3.20 bits per heavy atom. The van der Waals surface area contributed by atoms with Crippen molar-refractivity contribution in [1.29, 1.82) is 0 Å². The van der Waals surface area contributed by atoms with Crippen molar-refractivity contribution in [3.8, 4) is 0 Å². The van der Waals surface area contributed by atoms with Gasteiger partial charge in [-0.1, -0.05) is 6.08 Å². The summed E-state index contributed by atoms with van der Waals surface area (Å²) in [5.74, 6) is 0. The molecule has 0 amide bonds. The zero-order valence-corrected chi connectivity index (χ0v) is 5.99. The maximum absolute atomic E-state index is 4.03. The van der Waals surface area contributed by atoms with Crippen molar-refractivity contribution in [2.75, 3.05) is 13.6 Å². The summed E-state index contributed by atoms with van der Waals surface area (Å²) in [6.45, 7) is 0.814. The van der Waals surface area contributed by atoms with Crippen LogP contribution < -0.4 is 0 Å². The van der Waals surface area contributed by atoms with Crippen molar-refractivity contribution < 1.29 is 0 Å². The zero-order chi connectivity index (χ0) is 7.23. The number of aliphatic imine (C=N–C) groups is 2. The first-order chi connectivity index (χ1) is 4.93. The van der Waals surface area contributed by atoms with Crippen molar-refractivity contribution in [3.63, 3.8) is 0 Å². The zero-order valence-electron chi connectivity index (χ0n) is 5.99. The molecule has 2 heteroatoms. The molecule has 0 saturated carbocycles. The van der Waals surface area contributed by atoms with Crippen molar-refractivity contribution in [1.82, 2.24) is 0 Å². The average molecular weight is 134 g/mol. The molecule has 0 atom stereocenters. The molecule has 0 bridgehead atoms. The smallest absolute Gasteiger partial charge is 0.0640 e. The van der Waals surface area contributed by atoms with E-state index in [-0.39, 0.29) is 0 Å². The van der Waals surface area contributed by atoms with Gasteiger partial charge in [-0.25, -0.2) is 0 Å². The number of allylic oxidation sites excluding steroid dienone is 2. The molecule has 2 nitrogen and oxygen atoms in total. The predicted molar refractivity (Wildman–Crippen MR) is 45.0 cm³/mol. The van der Waals surface area contributed by atoms with Gasteiger partial charge in [0.15, 0.2) is 0 Å². The highest BCUT2D eigenvalue weighted by Crippen LogP contribution is 2.00. The molecule has 0 aromatic heterocycles. The molecular formula is C8H10N2. The summed E-state index contributed by atoms with van der Waals surface area (Å²) in [5, 5.41) is 0. The second-order valence-corrected chi connectivity index (χ2v) is 2.00. The summed E-state index contributed by atoms with van der Waals surface area (Å²) < 4.78 is 0. The molecule has 1 heterocycles. The van der Waals surface area contributed by atoms with Gasteiger partial charge in [-0.2, -0.15) is 0 Å². The fraction of sp³-hybridized carbons (Fsp3) is 0.250. The van der Waals surface area contributed by atoms with E-state index in [9.17, 15) is 0 Å². The third-order valence-corrected chi connectivity index (χ3v) is 1.21. The van der Waals surface area contributed by atoms with Crippen LogP contribution in [0.3, 0.4) is 0 Å². The third kappa shape index (κ3) is 1.97. The van der Waals surface area contributed by atoms with Crippen molar-refractivity contribution >= 4 is 12.4 Å². The van der Waals surface area contributed by atoms with Crippen LogP contribution in [0.2, 0.25) is 0 Å². The van der Waals surface area contributed by atoms with Crippen molar-refractivity contribution in [3.05, 3.63) is 23.8 Å². The molecule has 52 valence electrons. The Labute approximate surface area is 60.7 Å². The molecule has 0 N–H and O–H groups in total. The van der Waals surface area contributed by atoms with Crippen LogP contribution in [-0.2, 0) is 0 Å². The maximum atomic E-state index is 4.03. The fourth-order valence-electron chi connectivity index (χ4n) is 0.720. The van der Waals surface area contributed by atoms with Crippen LogP contribution in [0.5, 0.6) is 0 Å². The molecule has 0 fully saturated rings. The number of hydrogen-bond donors (Lipinski definition) is 0. The first kappa shape index (κ1) is 6.93. The van der Waals surface area contributed by atoms with E-state index < -0.39 is 0 Å². The second kappa shape index (κ2) is 3.77. The summed E-state index contributed by atoms with van der Waals surface area (Å²) in [4.78, 5) is 7.85. The summed E-state index contributed by atoms with van der Waals surface area (Å²) in [5.41, 5.74) is 1.24. The van der Waals surface area contributed by atoms with Crippen LogP contribution in [0.25, 0.3) is 0 Å². The van der Waals surface area contributed by atoms with Crippen LogP contribution in [0.1, 0.15) is 0 Å². The Kier molecular flexibility index (Phi) is 2.62. The minimum Gasteiger partial charge on any atom is -0.297 e. The average Bonchev–Trinajstić information content (AvgIpc) is 2.41. The number of hydrogen-bond acceptors (Lipinski definition) is 2. The normalized spacial score (nSPS) is 17.5. The molecule has 0 spiro atoms. The van der Waals surface area contributed by atoms with Crippen molar-refractivity contribution in [2.24, 2.45) is 9.98 Å². The molecule has 1 aliphatic heterocycles. The predicted octanol–water partition coefficient (Wildman–Crippen LogP) is 1.25. The van der Waals surface area contributed by atoms with Gasteiger partial charge in [0.25, 0.3) is 0 Å². The molecule has 0 aromatic rings. The van der Waals surface area contributed by atoms with Crippen LogP contribution in [0, 0.1) is 0 Å². The third-order valence-electron chi connectivity index (χ3n) is 1.21. The first-order valence-electron chi connectivity index (χ1n) is 3.21. The second-order valence-electron chi connectivity index (χ2n) is 2.00. The summed E-state index contributed by atoms with van der Waals surface area (Å²) in [7, 11) is 1.75. The maximum Gasteiger partial charge on any atom is 0.0640 e. The van der Waals surface area contributed by atoms with E-state index in [0.29, 0.717) is 0 Å². The summed E-state index contributed by atoms with van der Waals surface area (Å²) in [6, 6.07) is 0. The van der Waals surface area contributed by atoms with Gasteiger partial charge in [0, 0.05) is 19.5 Å². The lowest BCUT2D eigenvalue weighted by Crippen LogP contribution is -1.76. The lowest BCUT2D eigenvalue weighted by molar-refractivity contribution is 1.23. The monoisotopic (exact) mass is 134 g/mol. The molecule has 0 aliphatic carbocycles. The van der Waals surface area contributed by atoms with E-state index in [2.05, 4.69) is 9.98 Å². The van der Waals surface area contributed by atoms with Gasteiger partial charge >= 0.3 is 0 Å². The van der Waals surface area contributed by atoms with Crippen LogP contribution >= 0.6 is 0 Å². The molecule has 0 saturated heterocycles. The molecular weight excluding hydrogens is 124 g/mol. The van der Waals surface area contributed by atoms with E-state index in [4.69, 9.17) is 0 Å². The minimum absolute atomic E-state index is 0.814. The number of nitrogens with zero attached hydrogens (tertiary/aromatic N) is 2. The standard InChI is InChI=1S/C8H10N2/c1-9-5-2-3-8-4-6-10-7-8/h2-6H,7H2,1H3/b3-2-,9-5-. The topological polar surface area (TPSA) is 24.7 Å². The van der Waals surface area contributed by atoms with Gasteiger partial charge in [0.1, 0.15) is 0 Å². The van der Waals surface area contributed by atoms with E-state index in [1.165, 1.54) is 5.57 Å². The van der Waals surface area contributed by atoms with Crippen LogP contribution in [0.4, 0.5) is 0 Å². The highest BCUT2D eigenvalue weighted by molar-refractivity contribution is 5.78. The quantitative estimate of drug-likeness (QED) is 0.508. The molecule has 1 rings (SSSR count). The van der Waals surface area contributed by atoms with Gasteiger partial charge in [0.2, 0.25) is 0 Å². The van der Waals surface area contributed by atoms with E-state index in [1.54, 1.807) is 13.3 Å². The molecule has 0 radical (unpaired) electrons. The van der Waals surface area contributed by atoms with E-state index in [1.807, 2.05) is 24.4 Å². The first-order valence-corrected chi connectivity index (χ1v) is 3.21. The van der Waals surface area contributed by atoms with E-state index in [0.717, 1.165) is 6.54 Å². The van der Waals surface area contributed by atoms with Gasteiger partial charge in [-0.05, 0) is 17.7 Å². The highest BCUT2D eigenvalue weighted by atomic mass is 14.7. The van der Waals surface area contributed by atoms with E-state index >= 15 is 0 Å². The lowest BCUT2D eigenvalue weighted by Gasteiger charge is -1.85. The van der Waals surface area contributed by atoms with Gasteiger partial charge in [0.05, 0.1) is 6.54 Å². The molecule has 10 heavy (non-hydrogen) atoms. The molecule has 1 aliphatic rings. The SMILES string of the molecule is C/N=C\C=C/C1=CC=NC1. The van der Waals surface area contributed by atoms with Gasteiger partial charge < -0.3 is 0 Å². The summed E-state index contributed by atoms with van der Waals surface area (Å²) in [6.07, 6.45) is 9.52. The summed E-state index contributed by atoms with van der Waals surface area (Å²) >= 11 is 0. The van der Waals surface area contributed by atoms with Gasteiger partial charge in [-0.15, -0.1) is 0 Å². The molecule has 0 unspecified atom stereocenters. The number of rotatable bonds is 2. The largest absolute Gasteiger partial charge is 0.297 e. The van der Waals surface area contributed by atoms with Crippen LogP contribution in [0.15, 0.2) is 33.8 Å². The Morgan fingerprint density at radius 2 is 2.60 bits per heavy atom. The van der Waals surface area contributed by atoms with Crippen molar-refractivity contribution in [2.45, 2.75) is 0 Å². The Hall–Kier alpha value is -1.18. The Morgan fingerprint density at radius 1 is 1.70 bits per heavy atom. The minimum atomic E-state index is 0.814. The van der Waals surface area contributed by atoms with Crippen LogP contribution in [-0.4, -0.2) is 26.0 Å². The molecule has 0 aromatic carbocycles. The lowest BCUT2D eigenvalue weighted by atomic mass is 10.2. The highest BCUT2D eigenvalue weighted by Gasteiger charge is 1.91. The Balaban J connectivity index is 2.39. The fourth-order valence-corrected chi connectivity index (χ4v) is 0.720.